The molecule has 2 N–H and O–H groups in total. The van der Waals surface area contributed by atoms with Crippen molar-refractivity contribution in [2.45, 2.75) is 18.2 Å². The highest BCUT2D eigenvalue weighted by atomic mass is 32.2. The van der Waals surface area contributed by atoms with Crippen molar-refractivity contribution in [3.63, 3.8) is 0 Å². The van der Waals surface area contributed by atoms with Gasteiger partial charge in [-0.1, -0.05) is 6.07 Å². The van der Waals surface area contributed by atoms with Crippen LogP contribution in [0.25, 0.3) is 0 Å². The molecule has 0 heterocycles. The molecule has 0 aliphatic heterocycles. The Bertz CT molecular complexity index is 897. The minimum Gasteiger partial charge on any atom is -0.352 e. The van der Waals surface area contributed by atoms with Gasteiger partial charge in [0, 0.05) is 17.8 Å². The molecule has 0 radical (unpaired) electrons. The lowest BCUT2D eigenvalue weighted by Crippen LogP contribution is -2.28. The maximum Gasteiger partial charge on any atom is 0.261 e. The van der Waals surface area contributed by atoms with Crippen molar-refractivity contribution in [2.75, 3.05) is 31.9 Å². The van der Waals surface area contributed by atoms with Crippen molar-refractivity contribution in [1.82, 2.24) is 10.2 Å². The fourth-order valence-corrected chi connectivity index (χ4v) is 3.52. The lowest BCUT2D eigenvalue weighted by molar-refractivity contribution is 0.0951. The molecule has 27 heavy (non-hydrogen) atoms. The molecule has 0 aromatic heterocycles. The monoisotopic (exact) mass is 393 g/mol. The van der Waals surface area contributed by atoms with Gasteiger partial charge < -0.3 is 10.2 Å². The van der Waals surface area contributed by atoms with Gasteiger partial charge >= 0.3 is 0 Å². The van der Waals surface area contributed by atoms with Crippen LogP contribution in [0.2, 0.25) is 0 Å². The highest BCUT2D eigenvalue weighted by Gasteiger charge is 2.18. The van der Waals surface area contributed by atoms with Gasteiger partial charge in [-0.15, -0.1) is 0 Å². The first kappa shape index (κ1) is 20.9. The van der Waals surface area contributed by atoms with Gasteiger partial charge in [0.25, 0.3) is 15.9 Å². The molecule has 0 spiro atoms. The third-order valence-corrected chi connectivity index (χ3v) is 5.31. The molecule has 146 valence electrons. The van der Waals surface area contributed by atoms with Crippen LogP contribution in [0, 0.1) is 12.7 Å². The smallest absolute Gasteiger partial charge is 0.261 e. The molecule has 8 heteroatoms. The average molecular weight is 393 g/mol. The van der Waals surface area contributed by atoms with Crippen LogP contribution in [0.15, 0.2) is 47.4 Å². The first-order chi connectivity index (χ1) is 12.7. The van der Waals surface area contributed by atoms with Crippen LogP contribution in [0.4, 0.5) is 10.1 Å². The number of sulfonamides is 1. The van der Waals surface area contributed by atoms with Crippen LogP contribution in [-0.4, -0.2) is 46.4 Å². The van der Waals surface area contributed by atoms with Crippen LogP contribution in [0.1, 0.15) is 22.3 Å². The molecule has 0 unspecified atom stereocenters. The summed E-state index contributed by atoms with van der Waals surface area (Å²) in [6.07, 6.45) is 0.794. The van der Waals surface area contributed by atoms with Crippen LogP contribution >= 0.6 is 0 Å². The first-order valence-electron chi connectivity index (χ1n) is 8.51. The van der Waals surface area contributed by atoms with Gasteiger partial charge in [-0.3, -0.25) is 9.52 Å². The molecular weight excluding hydrogens is 369 g/mol. The number of aryl methyl sites for hydroxylation is 1. The van der Waals surface area contributed by atoms with E-state index in [-0.39, 0.29) is 16.5 Å². The predicted octanol–water partition coefficient (Wildman–Crippen LogP) is 2.62. The fraction of sp³-hybridized carbons (Fsp3) is 0.316. The normalized spacial score (nSPS) is 11.4. The number of benzene rings is 2. The van der Waals surface area contributed by atoms with E-state index >= 15 is 0 Å². The fourth-order valence-electron chi connectivity index (χ4n) is 2.44. The molecule has 0 aliphatic rings. The van der Waals surface area contributed by atoms with E-state index in [0.29, 0.717) is 17.7 Å². The molecule has 0 fully saturated rings. The standard InChI is InChI=1S/C19H24FN3O3S/c1-14-5-10-17(13-18(14)19(24)21-11-4-12-23(2)3)27(25,26)22-16-8-6-15(20)7-9-16/h5-10,13,22H,4,11-12H2,1-3H3,(H,21,24). The Kier molecular flexibility index (Phi) is 6.92. The van der Waals surface area contributed by atoms with Gasteiger partial charge in [0.05, 0.1) is 4.90 Å². The van der Waals surface area contributed by atoms with Crippen molar-refractivity contribution in [2.24, 2.45) is 0 Å². The summed E-state index contributed by atoms with van der Waals surface area (Å²) in [5.74, 6) is -0.772. The number of nitrogens with one attached hydrogen (secondary N) is 2. The highest BCUT2D eigenvalue weighted by Crippen LogP contribution is 2.19. The summed E-state index contributed by atoms with van der Waals surface area (Å²) in [6.45, 7) is 3.09. The van der Waals surface area contributed by atoms with E-state index in [9.17, 15) is 17.6 Å². The van der Waals surface area contributed by atoms with Gasteiger partial charge in [-0.2, -0.15) is 0 Å². The van der Waals surface area contributed by atoms with Crippen molar-refractivity contribution in [3.05, 3.63) is 59.4 Å². The molecule has 0 bridgehead atoms. The minimum atomic E-state index is -3.89. The molecule has 0 atom stereocenters. The Balaban J connectivity index is 2.15. The second kappa shape index (κ2) is 8.96. The summed E-state index contributed by atoms with van der Waals surface area (Å²) < 4.78 is 40.5. The Hall–Kier alpha value is -2.45. The Morgan fingerprint density at radius 2 is 1.78 bits per heavy atom. The molecule has 1 amide bonds. The van der Waals surface area contributed by atoms with Crippen molar-refractivity contribution < 1.29 is 17.6 Å². The number of carbonyl (C=O) groups is 1. The molecular formula is C19H24FN3O3S. The quantitative estimate of drug-likeness (QED) is 0.676. The van der Waals surface area contributed by atoms with E-state index < -0.39 is 15.8 Å². The zero-order valence-corrected chi connectivity index (χ0v) is 16.4. The van der Waals surface area contributed by atoms with E-state index in [1.165, 1.54) is 36.4 Å². The van der Waals surface area contributed by atoms with Gasteiger partial charge in [-0.25, -0.2) is 12.8 Å². The maximum absolute atomic E-state index is 13.0. The number of halogens is 1. The number of rotatable bonds is 8. The number of hydrogen-bond donors (Lipinski definition) is 2. The molecule has 0 saturated carbocycles. The molecule has 2 rings (SSSR count). The van der Waals surface area contributed by atoms with E-state index in [2.05, 4.69) is 10.0 Å². The van der Waals surface area contributed by atoms with E-state index in [1.54, 1.807) is 13.0 Å². The zero-order valence-electron chi connectivity index (χ0n) is 15.6. The van der Waals surface area contributed by atoms with Crippen LogP contribution < -0.4 is 10.0 Å². The first-order valence-corrected chi connectivity index (χ1v) is 9.99. The van der Waals surface area contributed by atoms with Crippen LogP contribution in [0.3, 0.4) is 0 Å². The summed E-state index contributed by atoms with van der Waals surface area (Å²) >= 11 is 0. The number of nitrogens with zero attached hydrogens (tertiary/aromatic N) is 1. The lowest BCUT2D eigenvalue weighted by Gasteiger charge is -2.13. The van der Waals surface area contributed by atoms with Gasteiger partial charge in [0.2, 0.25) is 0 Å². The van der Waals surface area contributed by atoms with E-state index in [4.69, 9.17) is 0 Å². The van der Waals surface area contributed by atoms with Gasteiger partial charge in [-0.05, 0) is 75.9 Å². The molecule has 2 aromatic rings. The van der Waals surface area contributed by atoms with Crippen molar-refractivity contribution in [1.29, 1.82) is 0 Å². The SMILES string of the molecule is Cc1ccc(S(=O)(=O)Nc2ccc(F)cc2)cc1C(=O)NCCCN(C)C. The Morgan fingerprint density at radius 1 is 1.11 bits per heavy atom. The van der Waals surface area contributed by atoms with Gasteiger partial charge in [0.15, 0.2) is 0 Å². The summed E-state index contributed by atoms with van der Waals surface area (Å²) in [5.41, 5.74) is 1.23. The number of hydrogen-bond acceptors (Lipinski definition) is 4. The van der Waals surface area contributed by atoms with Crippen LogP contribution in [0.5, 0.6) is 0 Å². The average Bonchev–Trinajstić information content (AvgIpc) is 2.60. The summed E-state index contributed by atoms with van der Waals surface area (Å²) in [7, 11) is 0.0111. The largest absolute Gasteiger partial charge is 0.352 e. The van der Waals surface area contributed by atoms with Crippen molar-refractivity contribution in [3.8, 4) is 0 Å². The van der Waals surface area contributed by atoms with Crippen LogP contribution in [-0.2, 0) is 10.0 Å². The predicted molar refractivity (Wildman–Crippen MR) is 104 cm³/mol. The summed E-state index contributed by atoms with van der Waals surface area (Å²) in [6, 6.07) is 9.37. The van der Waals surface area contributed by atoms with E-state index in [0.717, 1.165) is 13.0 Å². The summed E-state index contributed by atoms with van der Waals surface area (Å²) in [5, 5.41) is 2.81. The second-order valence-corrected chi connectivity index (χ2v) is 8.18. The third-order valence-electron chi connectivity index (χ3n) is 3.93. The number of anilines is 1. The maximum atomic E-state index is 13.0. The van der Waals surface area contributed by atoms with Crippen molar-refractivity contribution >= 4 is 21.6 Å². The lowest BCUT2D eigenvalue weighted by atomic mass is 10.1. The molecule has 6 nitrogen and oxygen atoms in total. The molecule has 0 saturated heterocycles. The molecule has 0 aliphatic carbocycles. The number of carbonyl (C=O) groups excluding carboxylic acids is 1. The van der Waals surface area contributed by atoms with E-state index in [1.807, 2.05) is 19.0 Å². The van der Waals surface area contributed by atoms with Gasteiger partial charge in [0.1, 0.15) is 5.82 Å². The Labute approximate surface area is 159 Å². The third kappa shape index (κ3) is 6.04. The molecule has 2 aromatic carbocycles. The zero-order chi connectivity index (χ0) is 20.0. The summed E-state index contributed by atoms with van der Waals surface area (Å²) in [4.78, 5) is 14.4. The highest BCUT2D eigenvalue weighted by molar-refractivity contribution is 7.92. The minimum absolute atomic E-state index is 0.0316. The second-order valence-electron chi connectivity index (χ2n) is 6.50. The topological polar surface area (TPSA) is 78.5 Å². The Morgan fingerprint density at radius 3 is 2.41 bits per heavy atom. The number of amides is 1.